The highest BCUT2D eigenvalue weighted by Gasteiger charge is 2.23. The van der Waals surface area contributed by atoms with Crippen LogP contribution in [0.1, 0.15) is 5.56 Å². The Morgan fingerprint density at radius 3 is 1.87 bits per heavy atom. The maximum absolute atomic E-state index is 12.5. The smallest absolute Gasteiger partial charge is 0.252 e. The van der Waals surface area contributed by atoms with Crippen LogP contribution in [0.15, 0.2) is 59.6 Å². The first kappa shape index (κ1) is 31.9. The van der Waals surface area contributed by atoms with Crippen molar-refractivity contribution in [2.24, 2.45) is 14.1 Å². The summed E-state index contributed by atoms with van der Waals surface area (Å²) in [6.07, 6.45) is 10.6. The lowest BCUT2D eigenvalue weighted by atomic mass is 10.2. The normalized spacial score (nSPS) is 11.8. The molecule has 0 aliphatic rings. The van der Waals surface area contributed by atoms with Crippen molar-refractivity contribution in [3.05, 3.63) is 76.4 Å². The van der Waals surface area contributed by atoms with Gasteiger partial charge in [-0.25, -0.2) is 27.2 Å². The Labute approximate surface area is 281 Å². The average Bonchev–Trinajstić information content (AvgIpc) is 3.80. The summed E-state index contributed by atoms with van der Waals surface area (Å²) in [5.41, 5.74) is 5.30. The second kappa shape index (κ2) is 12.3. The predicted octanol–water partition coefficient (Wildman–Crippen LogP) is 5.58. The van der Waals surface area contributed by atoms with E-state index in [4.69, 9.17) is 34.8 Å². The van der Waals surface area contributed by atoms with Crippen molar-refractivity contribution in [1.82, 2.24) is 53.1 Å². The minimum Gasteiger partial charge on any atom is -0.332 e. The van der Waals surface area contributed by atoms with Gasteiger partial charge in [-0.05, 0) is 18.6 Å². The molecular weight excluding hydrogens is 695 g/mol. The van der Waals surface area contributed by atoms with E-state index in [1.165, 1.54) is 22.9 Å². The molecule has 0 saturated heterocycles. The predicted molar refractivity (Wildman–Crippen MR) is 179 cm³/mol. The number of nitrogens with zero attached hydrogens (tertiary/aromatic N) is 11. The van der Waals surface area contributed by atoms with Gasteiger partial charge in [0.05, 0.1) is 29.8 Å². The van der Waals surface area contributed by atoms with Gasteiger partial charge in [-0.3, -0.25) is 9.36 Å². The number of thiophene rings is 1. The third-order valence-corrected chi connectivity index (χ3v) is 10.9. The second-order valence-electron chi connectivity index (χ2n) is 10.3. The molecule has 1 N–H and O–H groups in total. The van der Waals surface area contributed by atoms with E-state index in [2.05, 4.69) is 35.7 Å². The van der Waals surface area contributed by atoms with Gasteiger partial charge < -0.3 is 5.32 Å². The first-order valence-electron chi connectivity index (χ1n) is 13.3. The minimum atomic E-state index is -3.52. The van der Waals surface area contributed by atoms with Crippen LogP contribution in [0, 0.1) is 6.92 Å². The Kier molecular flexibility index (Phi) is 8.51. The van der Waals surface area contributed by atoms with Crippen molar-refractivity contribution in [2.75, 3.05) is 19.4 Å². The summed E-state index contributed by atoms with van der Waals surface area (Å²) >= 11 is 19.3. The van der Waals surface area contributed by atoms with Crippen LogP contribution in [-0.4, -0.2) is 75.6 Å². The Morgan fingerprint density at radius 1 is 0.783 bits per heavy atom. The number of aromatic nitrogens is 10. The number of anilines is 2. The average molecular weight is 720 g/mol. The third kappa shape index (κ3) is 6.06. The van der Waals surface area contributed by atoms with Crippen LogP contribution in [0.4, 0.5) is 10.8 Å². The summed E-state index contributed by atoms with van der Waals surface area (Å²) in [6, 6.07) is 4.98. The molecule has 0 aromatic carbocycles. The second-order valence-corrected chi connectivity index (χ2v) is 14.8. The molecule has 7 aromatic heterocycles. The SMILES string of the molecule is Cc1cc(Nc2cc(Cl)nc3c(-c4cnn(C)c4)cnn23)sc1S(=O)(=O)N(C)C.Cn1cc(-c2cnn3c(Cl)cc(Cl)nc23)cn1. The van der Waals surface area contributed by atoms with Gasteiger partial charge in [0.15, 0.2) is 11.3 Å². The van der Waals surface area contributed by atoms with E-state index in [1.54, 1.807) is 63.8 Å². The molecule has 0 aliphatic heterocycles. The lowest BCUT2D eigenvalue weighted by Gasteiger charge is -2.10. The van der Waals surface area contributed by atoms with Crippen LogP contribution in [0.25, 0.3) is 33.5 Å². The van der Waals surface area contributed by atoms with E-state index in [1.807, 2.05) is 26.5 Å². The van der Waals surface area contributed by atoms with Crippen LogP contribution in [-0.2, 0) is 24.1 Å². The molecule has 0 aliphatic carbocycles. The minimum absolute atomic E-state index is 0.290. The summed E-state index contributed by atoms with van der Waals surface area (Å²) in [5, 5.41) is 21.8. The molecule has 0 amide bonds. The molecule has 0 radical (unpaired) electrons. The third-order valence-electron chi connectivity index (χ3n) is 6.71. The molecule has 0 saturated carbocycles. The highest BCUT2D eigenvalue weighted by molar-refractivity contribution is 7.91. The Morgan fingerprint density at radius 2 is 1.33 bits per heavy atom. The van der Waals surface area contributed by atoms with E-state index in [9.17, 15) is 8.42 Å². The van der Waals surface area contributed by atoms with E-state index in [-0.39, 0.29) is 4.21 Å². The van der Waals surface area contributed by atoms with Crippen LogP contribution in [0.3, 0.4) is 0 Å². The maximum atomic E-state index is 12.5. The molecule has 238 valence electrons. The van der Waals surface area contributed by atoms with Crippen molar-refractivity contribution < 1.29 is 8.42 Å². The van der Waals surface area contributed by atoms with Gasteiger partial charge in [0, 0.05) is 75.0 Å². The van der Waals surface area contributed by atoms with Crippen molar-refractivity contribution >= 4 is 78.3 Å². The molecule has 0 unspecified atom stereocenters. The molecule has 0 bridgehead atoms. The summed E-state index contributed by atoms with van der Waals surface area (Å²) in [5.74, 6) is 0.574. The van der Waals surface area contributed by atoms with Crippen molar-refractivity contribution in [2.45, 2.75) is 11.1 Å². The number of rotatable bonds is 6. The monoisotopic (exact) mass is 718 g/mol. The fourth-order valence-corrected chi connectivity index (χ4v) is 7.92. The standard InChI is InChI=1S/C17H18ClN7O2S2.C10H7Cl2N5/c1-10-5-15(28-17(10)29(26,27)23(2)3)22-14-6-13(18)21-16-12(8-20-25(14)16)11-7-19-24(4)9-11;1-16-5-6(3-13-16)7-4-14-17-9(12)2-8(11)15-10(7)17/h5-9,22H,1-4H3;2-5H,1H3. The summed E-state index contributed by atoms with van der Waals surface area (Å²) in [6.45, 7) is 1.77. The molecule has 0 fully saturated rings. The zero-order chi connectivity index (χ0) is 32.9. The Bertz CT molecular complexity index is 2340. The maximum Gasteiger partial charge on any atom is 0.252 e. The molecule has 7 rings (SSSR count). The van der Waals surface area contributed by atoms with Crippen LogP contribution in [0.2, 0.25) is 15.5 Å². The van der Waals surface area contributed by atoms with Crippen LogP contribution in [0.5, 0.6) is 0 Å². The van der Waals surface area contributed by atoms with Gasteiger partial charge >= 0.3 is 0 Å². The van der Waals surface area contributed by atoms with E-state index in [0.717, 1.165) is 33.6 Å². The molecule has 0 atom stereocenters. The number of hydrogen-bond donors (Lipinski definition) is 1. The number of hydrogen-bond acceptors (Lipinski definition) is 10. The number of fused-ring (bicyclic) bond motifs is 2. The molecular formula is C27H25Cl3N12O2S2. The lowest BCUT2D eigenvalue weighted by Crippen LogP contribution is -2.21. The molecule has 46 heavy (non-hydrogen) atoms. The lowest BCUT2D eigenvalue weighted by molar-refractivity contribution is 0.522. The largest absolute Gasteiger partial charge is 0.332 e. The van der Waals surface area contributed by atoms with Crippen LogP contribution >= 0.6 is 46.1 Å². The molecule has 14 nitrogen and oxygen atoms in total. The zero-order valence-electron chi connectivity index (χ0n) is 24.9. The topological polar surface area (TPSA) is 145 Å². The van der Waals surface area contributed by atoms with Crippen molar-refractivity contribution in [3.8, 4) is 22.3 Å². The van der Waals surface area contributed by atoms with Gasteiger partial charge in [-0.2, -0.15) is 24.9 Å². The van der Waals surface area contributed by atoms with Gasteiger partial charge in [0.25, 0.3) is 10.0 Å². The fourth-order valence-electron chi connectivity index (χ4n) is 4.52. The van der Waals surface area contributed by atoms with Crippen molar-refractivity contribution in [3.63, 3.8) is 0 Å². The van der Waals surface area contributed by atoms with Crippen LogP contribution < -0.4 is 5.32 Å². The summed E-state index contributed by atoms with van der Waals surface area (Å²) in [7, 11) is 3.19. The Balaban J connectivity index is 0.000000185. The molecule has 7 heterocycles. The highest BCUT2D eigenvalue weighted by Crippen LogP contribution is 2.35. The first-order chi connectivity index (χ1) is 21.8. The van der Waals surface area contributed by atoms with E-state index in [0.29, 0.717) is 43.1 Å². The molecule has 0 spiro atoms. The number of sulfonamides is 1. The fraction of sp³-hybridized carbons (Fsp3) is 0.185. The molecule has 19 heteroatoms. The number of halogens is 3. The zero-order valence-corrected chi connectivity index (χ0v) is 28.8. The Hall–Kier alpha value is -4.06. The van der Waals surface area contributed by atoms with Crippen molar-refractivity contribution in [1.29, 1.82) is 0 Å². The van der Waals surface area contributed by atoms with E-state index >= 15 is 0 Å². The summed E-state index contributed by atoms with van der Waals surface area (Å²) < 4.78 is 33.1. The number of aryl methyl sites for hydroxylation is 3. The summed E-state index contributed by atoms with van der Waals surface area (Å²) in [4.78, 5) is 8.62. The van der Waals surface area contributed by atoms with Gasteiger partial charge in [0.2, 0.25) is 0 Å². The quantitative estimate of drug-likeness (QED) is 0.218. The van der Waals surface area contributed by atoms with Gasteiger partial charge in [-0.1, -0.05) is 34.8 Å². The molecule has 7 aromatic rings. The number of nitrogens with one attached hydrogen (secondary N) is 1. The van der Waals surface area contributed by atoms with Gasteiger partial charge in [-0.15, -0.1) is 11.3 Å². The highest BCUT2D eigenvalue weighted by atomic mass is 35.5. The van der Waals surface area contributed by atoms with Gasteiger partial charge in [0.1, 0.15) is 25.5 Å². The first-order valence-corrected chi connectivity index (χ1v) is 16.7. The van der Waals surface area contributed by atoms with E-state index < -0.39 is 10.0 Å².